The van der Waals surface area contributed by atoms with Crippen molar-refractivity contribution >= 4 is 0 Å². The van der Waals surface area contributed by atoms with Crippen LogP contribution in [0.2, 0.25) is 0 Å². The van der Waals surface area contributed by atoms with Crippen molar-refractivity contribution in [2.45, 2.75) is 32.8 Å². The highest BCUT2D eigenvalue weighted by Crippen LogP contribution is 2.21. The van der Waals surface area contributed by atoms with Crippen molar-refractivity contribution in [2.24, 2.45) is 0 Å². The molecule has 4 nitrogen and oxygen atoms in total. The van der Waals surface area contributed by atoms with Crippen molar-refractivity contribution in [3.63, 3.8) is 0 Å². The average molecular weight is 267 g/mol. The van der Waals surface area contributed by atoms with E-state index in [1.807, 2.05) is 6.92 Å². The summed E-state index contributed by atoms with van der Waals surface area (Å²) in [6, 6.07) is 2.54. The van der Waals surface area contributed by atoms with Crippen LogP contribution in [0.25, 0.3) is 5.69 Å². The quantitative estimate of drug-likeness (QED) is 0.905. The van der Waals surface area contributed by atoms with E-state index >= 15 is 0 Å². The SMILES string of the molecule is CCCCc1c(F)ccc(-n2cc(CO)nn2)c1F. The van der Waals surface area contributed by atoms with E-state index in [0.29, 0.717) is 12.1 Å². The Morgan fingerprint density at radius 3 is 2.74 bits per heavy atom. The van der Waals surface area contributed by atoms with Gasteiger partial charge in [-0.1, -0.05) is 18.6 Å². The maximum absolute atomic E-state index is 14.3. The third kappa shape index (κ3) is 2.78. The second kappa shape index (κ2) is 5.88. The third-order valence-corrected chi connectivity index (χ3v) is 2.90. The first-order valence-corrected chi connectivity index (χ1v) is 6.16. The molecule has 0 fully saturated rings. The molecule has 2 rings (SSSR count). The lowest BCUT2D eigenvalue weighted by atomic mass is 10.1. The summed E-state index contributed by atoms with van der Waals surface area (Å²) in [5.41, 5.74) is 0.541. The first kappa shape index (κ1) is 13.6. The molecule has 1 N–H and O–H groups in total. The van der Waals surface area contributed by atoms with Gasteiger partial charge in [0.1, 0.15) is 17.2 Å². The molecule has 0 radical (unpaired) electrons. The van der Waals surface area contributed by atoms with Crippen LogP contribution in [0.1, 0.15) is 31.0 Å². The molecule has 0 aliphatic heterocycles. The zero-order chi connectivity index (χ0) is 13.8. The molecule has 102 valence electrons. The van der Waals surface area contributed by atoms with Gasteiger partial charge in [-0.15, -0.1) is 5.10 Å². The molecule has 2 aromatic rings. The fourth-order valence-corrected chi connectivity index (χ4v) is 1.83. The van der Waals surface area contributed by atoms with E-state index in [2.05, 4.69) is 10.3 Å². The molecule has 0 saturated carbocycles. The van der Waals surface area contributed by atoms with Gasteiger partial charge in [0.15, 0.2) is 5.82 Å². The maximum Gasteiger partial charge on any atom is 0.155 e. The van der Waals surface area contributed by atoms with Gasteiger partial charge in [-0.2, -0.15) is 0 Å². The molecule has 0 amide bonds. The lowest BCUT2D eigenvalue weighted by molar-refractivity contribution is 0.276. The summed E-state index contributed by atoms with van der Waals surface area (Å²) in [5.74, 6) is -1.17. The summed E-state index contributed by atoms with van der Waals surface area (Å²) in [6.45, 7) is 1.69. The number of unbranched alkanes of at least 4 members (excludes halogenated alkanes) is 1. The Balaban J connectivity index is 2.41. The van der Waals surface area contributed by atoms with E-state index in [0.717, 1.165) is 12.8 Å². The molecule has 1 aromatic heterocycles. The molecule has 0 aliphatic carbocycles. The Kier molecular flexibility index (Phi) is 4.21. The standard InChI is InChI=1S/C13H15F2N3O/c1-2-3-4-10-11(14)5-6-12(13(10)15)18-7-9(8-19)16-17-18/h5-7,19H,2-4,8H2,1H3. The zero-order valence-corrected chi connectivity index (χ0v) is 10.6. The van der Waals surface area contributed by atoms with Crippen molar-refractivity contribution in [3.8, 4) is 5.69 Å². The molecule has 0 bridgehead atoms. The second-order valence-corrected chi connectivity index (χ2v) is 4.28. The summed E-state index contributed by atoms with van der Waals surface area (Å²) >= 11 is 0. The maximum atomic E-state index is 14.3. The van der Waals surface area contributed by atoms with Gasteiger partial charge in [-0.3, -0.25) is 0 Å². The summed E-state index contributed by atoms with van der Waals surface area (Å²) in [5, 5.41) is 16.3. The van der Waals surface area contributed by atoms with Crippen LogP contribution in [0.3, 0.4) is 0 Å². The Labute approximate surface area is 109 Å². The number of halogens is 2. The van der Waals surface area contributed by atoms with Crippen molar-refractivity contribution in [2.75, 3.05) is 0 Å². The van der Waals surface area contributed by atoms with Crippen LogP contribution in [-0.4, -0.2) is 20.1 Å². The van der Waals surface area contributed by atoms with E-state index in [1.54, 1.807) is 0 Å². The number of benzene rings is 1. The van der Waals surface area contributed by atoms with Gasteiger partial charge < -0.3 is 5.11 Å². The van der Waals surface area contributed by atoms with Gasteiger partial charge in [0.05, 0.1) is 12.8 Å². The summed E-state index contributed by atoms with van der Waals surface area (Å²) in [4.78, 5) is 0. The highest BCUT2D eigenvalue weighted by molar-refractivity contribution is 5.38. The second-order valence-electron chi connectivity index (χ2n) is 4.28. The molecule has 1 heterocycles. The van der Waals surface area contributed by atoms with Gasteiger partial charge in [0, 0.05) is 5.56 Å². The summed E-state index contributed by atoms with van der Waals surface area (Å²) in [6.07, 6.45) is 3.35. The molecule has 0 aliphatic rings. The number of hydrogen-bond donors (Lipinski definition) is 1. The highest BCUT2D eigenvalue weighted by Gasteiger charge is 2.15. The summed E-state index contributed by atoms with van der Waals surface area (Å²) in [7, 11) is 0. The van der Waals surface area contributed by atoms with E-state index in [-0.39, 0.29) is 17.9 Å². The molecule has 19 heavy (non-hydrogen) atoms. The zero-order valence-electron chi connectivity index (χ0n) is 10.6. The van der Waals surface area contributed by atoms with Gasteiger partial charge in [-0.05, 0) is 25.0 Å². The van der Waals surface area contributed by atoms with Crippen LogP contribution in [0, 0.1) is 11.6 Å². The van der Waals surface area contributed by atoms with Gasteiger partial charge in [-0.25, -0.2) is 13.5 Å². The number of hydrogen-bond acceptors (Lipinski definition) is 3. The van der Waals surface area contributed by atoms with Crippen LogP contribution in [0.5, 0.6) is 0 Å². The summed E-state index contributed by atoms with van der Waals surface area (Å²) < 4.78 is 29.1. The Hall–Kier alpha value is -1.82. The van der Waals surface area contributed by atoms with Gasteiger partial charge >= 0.3 is 0 Å². The molecule has 0 spiro atoms. The van der Waals surface area contributed by atoms with E-state index < -0.39 is 11.6 Å². The van der Waals surface area contributed by atoms with E-state index in [1.165, 1.54) is 23.0 Å². The van der Waals surface area contributed by atoms with E-state index in [4.69, 9.17) is 5.11 Å². The van der Waals surface area contributed by atoms with E-state index in [9.17, 15) is 8.78 Å². The van der Waals surface area contributed by atoms with Crippen molar-refractivity contribution in [1.29, 1.82) is 0 Å². The Morgan fingerprint density at radius 1 is 1.32 bits per heavy atom. The van der Waals surface area contributed by atoms with Crippen molar-refractivity contribution in [3.05, 3.63) is 41.2 Å². The lowest BCUT2D eigenvalue weighted by Gasteiger charge is -2.08. The highest BCUT2D eigenvalue weighted by atomic mass is 19.1. The fraction of sp³-hybridized carbons (Fsp3) is 0.385. The Morgan fingerprint density at radius 2 is 2.11 bits per heavy atom. The van der Waals surface area contributed by atoms with Crippen molar-refractivity contribution in [1.82, 2.24) is 15.0 Å². The van der Waals surface area contributed by atoms with Gasteiger partial charge in [0.2, 0.25) is 0 Å². The minimum Gasteiger partial charge on any atom is -0.390 e. The molecular weight excluding hydrogens is 252 g/mol. The molecule has 0 saturated heterocycles. The van der Waals surface area contributed by atoms with Crippen LogP contribution >= 0.6 is 0 Å². The largest absolute Gasteiger partial charge is 0.390 e. The number of aliphatic hydroxyl groups excluding tert-OH is 1. The third-order valence-electron chi connectivity index (χ3n) is 2.90. The Bertz CT molecular complexity index is 569. The smallest absolute Gasteiger partial charge is 0.155 e. The van der Waals surface area contributed by atoms with Crippen LogP contribution in [0.15, 0.2) is 18.3 Å². The van der Waals surface area contributed by atoms with Crippen LogP contribution in [0.4, 0.5) is 8.78 Å². The fourth-order valence-electron chi connectivity index (χ4n) is 1.83. The first-order chi connectivity index (χ1) is 9.17. The number of aromatic nitrogens is 3. The molecular formula is C13H15F2N3O. The first-order valence-electron chi connectivity index (χ1n) is 6.16. The monoisotopic (exact) mass is 267 g/mol. The molecule has 0 unspecified atom stereocenters. The lowest BCUT2D eigenvalue weighted by Crippen LogP contribution is -2.04. The predicted octanol–water partition coefficient (Wildman–Crippen LogP) is 2.38. The molecule has 1 aromatic carbocycles. The predicted molar refractivity (Wildman–Crippen MR) is 65.8 cm³/mol. The van der Waals surface area contributed by atoms with Crippen LogP contribution in [-0.2, 0) is 13.0 Å². The normalized spacial score (nSPS) is 10.9. The number of nitrogens with zero attached hydrogens (tertiary/aromatic N) is 3. The topological polar surface area (TPSA) is 50.9 Å². The van der Waals surface area contributed by atoms with Gasteiger partial charge in [0.25, 0.3) is 0 Å². The number of rotatable bonds is 5. The average Bonchev–Trinajstić information content (AvgIpc) is 2.87. The molecule has 6 heteroatoms. The minimum absolute atomic E-state index is 0.0698. The minimum atomic E-state index is -0.622. The number of aliphatic hydroxyl groups is 1. The molecule has 0 atom stereocenters. The van der Waals surface area contributed by atoms with Crippen molar-refractivity contribution < 1.29 is 13.9 Å². The van der Waals surface area contributed by atoms with Crippen LogP contribution < -0.4 is 0 Å².